The molecular formula is C30H17N3O8-2. The van der Waals surface area contributed by atoms with E-state index in [4.69, 9.17) is 0 Å². The maximum absolute atomic E-state index is 13.3. The molecule has 0 atom stereocenters. The summed E-state index contributed by atoms with van der Waals surface area (Å²) in [6.45, 7) is 0. The second-order valence-corrected chi connectivity index (χ2v) is 8.83. The molecule has 1 aliphatic heterocycles. The molecule has 0 saturated carbocycles. The molecule has 5 rings (SSSR count). The van der Waals surface area contributed by atoms with E-state index in [0.29, 0.717) is 0 Å². The third-order valence-electron chi connectivity index (χ3n) is 6.28. The first-order valence-electron chi connectivity index (χ1n) is 12.0. The van der Waals surface area contributed by atoms with Crippen LogP contribution >= 0.6 is 0 Å². The lowest BCUT2D eigenvalue weighted by molar-refractivity contribution is -0.256. The van der Waals surface area contributed by atoms with Crippen LogP contribution in [0.2, 0.25) is 0 Å². The van der Waals surface area contributed by atoms with Gasteiger partial charge in [-0.2, -0.15) is 0 Å². The zero-order valence-corrected chi connectivity index (χ0v) is 20.9. The van der Waals surface area contributed by atoms with Crippen molar-refractivity contribution in [1.82, 2.24) is 0 Å². The smallest absolute Gasteiger partial charge is 0.266 e. The number of nitrogens with one attached hydrogen (secondary N) is 2. The van der Waals surface area contributed by atoms with E-state index in [-0.39, 0.29) is 50.4 Å². The quantitative estimate of drug-likeness (QED) is 0.329. The first kappa shape index (κ1) is 26.5. The number of carbonyl (C=O) groups is 6. The van der Waals surface area contributed by atoms with Crippen molar-refractivity contribution < 1.29 is 39.0 Å². The number of benzene rings is 4. The highest BCUT2D eigenvalue weighted by atomic mass is 16.4. The van der Waals surface area contributed by atoms with Crippen molar-refractivity contribution >= 4 is 52.6 Å². The molecule has 1 heterocycles. The molecular weight excluding hydrogens is 530 g/mol. The molecule has 2 N–H and O–H groups in total. The number of para-hydroxylation sites is 2. The minimum absolute atomic E-state index is 0.0856. The topological polar surface area (TPSA) is 176 Å². The average Bonchev–Trinajstić information content (AvgIpc) is 3.22. The summed E-state index contributed by atoms with van der Waals surface area (Å²) >= 11 is 0. The number of carboxylic acids is 2. The number of amides is 4. The van der Waals surface area contributed by atoms with Crippen LogP contribution < -0.4 is 25.7 Å². The second-order valence-electron chi connectivity index (χ2n) is 8.83. The molecule has 11 nitrogen and oxygen atoms in total. The van der Waals surface area contributed by atoms with Crippen LogP contribution in [0, 0.1) is 0 Å². The molecule has 0 radical (unpaired) electrons. The lowest BCUT2D eigenvalue weighted by Gasteiger charge is -2.18. The van der Waals surface area contributed by atoms with Gasteiger partial charge in [0.2, 0.25) is 0 Å². The molecule has 0 aliphatic carbocycles. The van der Waals surface area contributed by atoms with E-state index in [1.807, 2.05) is 0 Å². The van der Waals surface area contributed by atoms with Crippen molar-refractivity contribution in [1.29, 1.82) is 0 Å². The van der Waals surface area contributed by atoms with Gasteiger partial charge in [0.1, 0.15) is 0 Å². The number of carbonyl (C=O) groups excluding carboxylic acids is 6. The summed E-state index contributed by atoms with van der Waals surface area (Å²) in [5.74, 6) is -6.15. The Labute approximate surface area is 231 Å². The van der Waals surface area contributed by atoms with Gasteiger partial charge in [-0.05, 0) is 42.5 Å². The summed E-state index contributed by atoms with van der Waals surface area (Å²) in [6.07, 6.45) is 0. The van der Waals surface area contributed by atoms with E-state index in [1.165, 1.54) is 72.8 Å². The number of nitrogens with zero attached hydrogens (tertiary/aromatic N) is 1. The largest absolute Gasteiger partial charge is 0.545 e. The molecule has 0 saturated heterocycles. The van der Waals surface area contributed by atoms with E-state index in [1.54, 1.807) is 12.1 Å². The standard InChI is InChI=1S/C30H19N3O8/c34-25(31-23-11-5-3-9-21(23)29(38)39)16-13-17(26(35)32-24-12-6-4-10-22(24)30(40)41)15-18(14-16)33-27(36)19-7-1-2-8-20(19)28(33)37/h1-15H,(H,31,34)(H,32,35)(H,38,39)(H,40,41)/p-2. The predicted octanol–water partition coefficient (Wildman–Crippen LogP) is 1.72. The van der Waals surface area contributed by atoms with Crippen LogP contribution in [-0.4, -0.2) is 35.6 Å². The van der Waals surface area contributed by atoms with Crippen molar-refractivity contribution in [2.24, 2.45) is 0 Å². The van der Waals surface area contributed by atoms with Crippen molar-refractivity contribution in [2.75, 3.05) is 15.5 Å². The van der Waals surface area contributed by atoms with Gasteiger partial charge in [-0.25, -0.2) is 4.90 Å². The van der Waals surface area contributed by atoms with Crippen LogP contribution in [0.3, 0.4) is 0 Å². The average molecular weight is 547 g/mol. The van der Waals surface area contributed by atoms with Crippen LogP contribution in [-0.2, 0) is 0 Å². The summed E-state index contributed by atoms with van der Waals surface area (Å²) in [7, 11) is 0. The fourth-order valence-corrected chi connectivity index (χ4v) is 4.36. The molecule has 0 fully saturated rings. The van der Waals surface area contributed by atoms with Crippen molar-refractivity contribution in [3.63, 3.8) is 0 Å². The number of fused-ring (bicyclic) bond motifs is 1. The fourth-order valence-electron chi connectivity index (χ4n) is 4.36. The van der Waals surface area contributed by atoms with Gasteiger partial charge >= 0.3 is 0 Å². The summed E-state index contributed by atoms with van der Waals surface area (Å²) in [4.78, 5) is 76.7. The number of anilines is 3. The molecule has 4 aromatic rings. The van der Waals surface area contributed by atoms with Crippen LogP contribution in [0.5, 0.6) is 0 Å². The zero-order valence-electron chi connectivity index (χ0n) is 20.9. The molecule has 4 amide bonds. The summed E-state index contributed by atoms with van der Waals surface area (Å²) in [5.41, 5.74) is -1.03. The van der Waals surface area contributed by atoms with Crippen LogP contribution in [0.4, 0.5) is 17.1 Å². The highest BCUT2D eigenvalue weighted by molar-refractivity contribution is 6.34. The number of hydrogen-bond donors (Lipinski definition) is 2. The SMILES string of the molecule is O=C(Nc1ccccc1C(=O)[O-])c1cc(C(=O)Nc2ccccc2C(=O)[O-])cc(N2C(=O)c3ccccc3C2=O)c1. The van der Waals surface area contributed by atoms with Crippen molar-refractivity contribution in [3.05, 3.63) is 124 Å². The maximum Gasteiger partial charge on any atom is 0.266 e. The van der Waals surface area contributed by atoms with E-state index in [9.17, 15) is 39.0 Å². The van der Waals surface area contributed by atoms with E-state index in [0.717, 1.165) is 11.0 Å². The summed E-state index contributed by atoms with van der Waals surface area (Å²) in [5, 5.41) is 27.9. The van der Waals surface area contributed by atoms with Crippen LogP contribution in [0.25, 0.3) is 0 Å². The lowest BCUT2D eigenvalue weighted by Crippen LogP contribution is -2.30. The van der Waals surface area contributed by atoms with Gasteiger partial charge in [0.05, 0.1) is 40.1 Å². The molecule has 1 aliphatic rings. The van der Waals surface area contributed by atoms with Gasteiger partial charge in [-0.3, -0.25) is 19.2 Å². The maximum atomic E-state index is 13.3. The Kier molecular flexibility index (Phi) is 6.84. The Morgan fingerprint density at radius 1 is 0.561 bits per heavy atom. The third-order valence-corrected chi connectivity index (χ3v) is 6.28. The molecule has 11 heteroatoms. The molecule has 202 valence electrons. The monoisotopic (exact) mass is 547 g/mol. The fraction of sp³-hybridized carbons (Fsp3) is 0. The molecule has 0 aromatic heterocycles. The van der Waals surface area contributed by atoms with Crippen LogP contribution in [0.1, 0.15) is 62.1 Å². The Hall–Kier alpha value is -6.10. The van der Waals surface area contributed by atoms with E-state index in [2.05, 4.69) is 10.6 Å². The Morgan fingerprint density at radius 3 is 1.37 bits per heavy atom. The second kappa shape index (κ2) is 10.6. The number of hydrogen-bond acceptors (Lipinski definition) is 8. The minimum Gasteiger partial charge on any atom is -0.545 e. The predicted molar refractivity (Wildman–Crippen MR) is 141 cm³/mol. The van der Waals surface area contributed by atoms with Gasteiger partial charge in [-0.15, -0.1) is 0 Å². The molecule has 0 bridgehead atoms. The van der Waals surface area contributed by atoms with E-state index >= 15 is 0 Å². The van der Waals surface area contributed by atoms with Crippen molar-refractivity contribution in [2.45, 2.75) is 0 Å². The normalized spacial score (nSPS) is 12.0. The molecule has 0 unspecified atom stereocenters. The molecule has 4 aromatic carbocycles. The minimum atomic E-state index is -1.53. The van der Waals surface area contributed by atoms with Crippen molar-refractivity contribution in [3.8, 4) is 0 Å². The number of carboxylic acid groups (broad SMARTS) is 2. The van der Waals surface area contributed by atoms with Gasteiger partial charge in [0, 0.05) is 22.3 Å². The third kappa shape index (κ3) is 5.02. The Morgan fingerprint density at radius 2 is 0.951 bits per heavy atom. The highest BCUT2D eigenvalue weighted by Gasteiger charge is 2.37. The van der Waals surface area contributed by atoms with Crippen LogP contribution in [0.15, 0.2) is 91.0 Å². The summed E-state index contributed by atoms with van der Waals surface area (Å²) < 4.78 is 0. The zero-order chi connectivity index (χ0) is 29.3. The highest BCUT2D eigenvalue weighted by Crippen LogP contribution is 2.31. The Bertz CT molecular complexity index is 1670. The molecule has 0 spiro atoms. The van der Waals surface area contributed by atoms with E-state index < -0.39 is 35.6 Å². The lowest BCUT2D eigenvalue weighted by atomic mass is 10.1. The number of aromatic carboxylic acids is 2. The molecule has 41 heavy (non-hydrogen) atoms. The number of imide groups is 1. The van der Waals surface area contributed by atoms with Gasteiger partial charge < -0.3 is 30.4 Å². The van der Waals surface area contributed by atoms with Gasteiger partial charge in [0.15, 0.2) is 0 Å². The van der Waals surface area contributed by atoms with Gasteiger partial charge in [0.25, 0.3) is 23.6 Å². The first-order valence-corrected chi connectivity index (χ1v) is 12.0. The number of rotatable bonds is 7. The summed E-state index contributed by atoms with van der Waals surface area (Å²) in [6, 6.07) is 20.6. The first-order chi connectivity index (χ1) is 19.7. The van der Waals surface area contributed by atoms with Gasteiger partial charge in [-0.1, -0.05) is 48.5 Å². The Balaban J connectivity index is 1.57.